The van der Waals surface area contributed by atoms with Crippen molar-refractivity contribution in [3.05, 3.63) is 24.8 Å². The first-order valence-electron chi connectivity index (χ1n) is 2.89. The molecule has 0 heterocycles. The predicted molar refractivity (Wildman–Crippen MR) is 43.1 cm³/mol. The van der Waals surface area contributed by atoms with Gasteiger partial charge in [0.25, 0.3) is 0 Å². The summed E-state index contributed by atoms with van der Waals surface area (Å²) in [6.45, 7) is 8.12. The van der Waals surface area contributed by atoms with E-state index in [1.165, 1.54) is 7.11 Å². The van der Waals surface area contributed by atoms with Gasteiger partial charge in [0.05, 0.1) is 7.11 Å². The van der Waals surface area contributed by atoms with E-state index in [0.717, 1.165) is 12.4 Å². The van der Waals surface area contributed by atoms with E-state index >= 15 is 0 Å². The zero-order chi connectivity index (χ0) is 9.28. The van der Waals surface area contributed by atoms with E-state index < -0.39 is 5.97 Å². The summed E-state index contributed by atoms with van der Waals surface area (Å²) in [7, 11) is 1.31. The van der Waals surface area contributed by atoms with Crippen molar-refractivity contribution in [2.45, 2.75) is 6.92 Å². The SMILES string of the molecule is C=C(C)C=O.C=CC(=O)OC. The zero-order valence-electron chi connectivity index (χ0n) is 6.79. The van der Waals surface area contributed by atoms with Crippen molar-refractivity contribution < 1.29 is 14.3 Å². The molecular formula is C8H12O3. The van der Waals surface area contributed by atoms with E-state index in [0.29, 0.717) is 5.57 Å². The van der Waals surface area contributed by atoms with Gasteiger partial charge in [0.1, 0.15) is 6.29 Å². The molecule has 3 nitrogen and oxygen atoms in total. The van der Waals surface area contributed by atoms with Crippen molar-refractivity contribution in [3.8, 4) is 0 Å². The summed E-state index contributed by atoms with van der Waals surface area (Å²) in [6.07, 6.45) is 1.83. The van der Waals surface area contributed by atoms with E-state index in [2.05, 4.69) is 17.9 Å². The molecule has 0 aliphatic heterocycles. The van der Waals surface area contributed by atoms with Gasteiger partial charge in [-0.05, 0) is 12.5 Å². The van der Waals surface area contributed by atoms with Crippen LogP contribution in [0.15, 0.2) is 24.8 Å². The summed E-state index contributed by atoms with van der Waals surface area (Å²) >= 11 is 0. The molecule has 0 radical (unpaired) electrons. The summed E-state index contributed by atoms with van der Waals surface area (Å²) in [5.41, 5.74) is 0.574. The highest BCUT2D eigenvalue weighted by Crippen LogP contribution is 1.71. The molecule has 0 saturated heterocycles. The molecule has 0 aliphatic rings. The molecular weight excluding hydrogens is 144 g/mol. The van der Waals surface area contributed by atoms with Gasteiger partial charge in [-0.3, -0.25) is 4.79 Å². The minimum absolute atomic E-state index is 0.394. The molecule has 3 heteroatoms. The third-order valence-electron chi connectivity index (χ3n) is 0.569. The van der Waals surface area contributed by atoms with Gasteiger partial charge in [-0.25, -0.2) is 4.79 Å². The van der Waals surface area contributed by atoms with Crippen LogP contribution in [0.25, 0.3) is 0 Å². The number of carbonyl (C=O) groups excluding carboxylic acids is 2. The molecule has 11 heavy (non-hydrogen) atoms. The largest absolute Gasteiger partial charge is 0.466 e. The van der Waals surface area contributed by atoms with Crippen LogP contribution in [0.2, 0.25) is 0 Å². The molecule has 62 valence electrons. The number of ether oxygens (including phenoxy) is 1. The molecule has 0 N–H and O–H groups in total. The molecule has 0 saturated carbocycles. The first-order chi connectivity index (χ1) is 5.08. The van der Waals surface area contributed by atoms with Crippen LogP contribution in [-0.4, -0.2) is 19.4 Å². The van der Waals surface area contributed by atoms with Crippen molar-refractivity contribution in [1.29, 1.82) is 0 Å². The first-order valence-corrected chi connectivity index (χ1v) is 2.89. The molecule has 0 aromatic rings. The summed E-state index contributed by atoms with van der Waals surface area (Å²) < 4.78 is 4.14. The molecule has 0 aliphatic carbocycles. The van der Waals surface area contributed by atoms with Crippen LogP contribution in [0, 0.1) is 0 Å². The molecule has 0 rings (SSSR count). The maximum Gasteiger partial charge on any atom is 0.329 e. The van der Waals surface area contributed by atoms with Gasteiger partial charge in [-0.2, -0.15) is 0 Å². The number of aldehydes is 1. The quantitative estimate of drug-likeness (QED) is 0.341. The lowest BCUT2D eigenvalue weighted by Crippen LogP contribution is -1.91. The molecule has 0 fully saturated rings. The molecule has 0 atom stereocenters. The minimum atomic E-state index is -0.394. The first kappa shape index (κ1) is 12.3. The normalized spacial score (nSPS) is 6.73. The number of hydrogen-bond acceptors (Lipinski definition) is 3. The summed E-state index contributed by atoms with van der Waals surface area (Å²) in [5, 5.41) is 0. The number of carbonyl (C=O) groups is 2. The fraction of sp³-hybridized carbons (Fsp3) is 0.250. The van der Waals surface area contributed by atoms with Gasteiger partial charge in [-0.1, -0.05) is 13.2 Å². The smallest absolute Gasteiger partial charge is 0.329 e. The number of rotatable bonds is 2. The van der Waals surface area contributed by atoms with Crippen LogP contribution >= 0.6 is 0 Å². The third kappa shape index (κ3) is 17.7. The summed E-state index contributed by atoms with van der Waals surface area (Å²) in [6, 6.07) is 0. The maximum atomic E-state index is 9.84. The van der Waals surface area contributed by atoms with Crippen LogP contribution in [0.1, 0.15) is 6.92 Å². The van der Waals surface area contributed by atoms with E-state index in [-0.39, 0.29) is 0 Å². The number of esters is 1. The van der Waals surface area contributed by atoms with E-state index in [4.69, 9.17) is 0 Å². The monoisotopic (exact) mass is 156 g/mol. The Morgan fingerprint density at radius 3 is 1.91 bits per heavy atom. The maximum absolute atomic E-state index is 9.84. The van der Waals surface area contributed by atoms with Gasteiger partial charge in [0, 0.05) is 6.08 Å². The molecule has 0 bridgehead atoms. The van der Waals surface area contributed by atoms with Crippen molar-refractivity contribution in [2.75, 3.05) is 7.11 Å². The second-order valence-electron chi connectivity index (χ2n) is 1.69. The Hall–Kier alpha value is -1.38. The highest BCUT2D eigenvalue weighted by molar-refractivity contribution is 5.80. The van der Waals surface area contributed by atoms with Gasteiger partial charge >= 0.3 is 5.97 Å². The van der Waals surface area contributed by atoms with Crippen LogP contribution in [0.4, 0.5) is 0 Å². The number of methoxy groups -OCH3 is 1. The van der Waals surface area contributed by atoms with Gasteiger partial charge in [0.15, 0.2) is 0 Å². The topological polar surface area (TPSA) is 43.4 Å². The Kier molecular flexibility index (Phi) is 9.65. The third-order valence-corrected chi connectivity index (χ3v) is 0.569. The lowest BCUT2D eigenvalue weighted by molar-refractivity contribution is -0.134. The van der Waals surface area contributed by atoms with E-state index in [1.807, 2.05) is 0 Å². The Balaban J connectivity index is 0. The predicted octanol–water partition coefficient (Wildman–Crippen LogP) is 1.11. The molecule has 0 aromatic carbocycles. The lowest BCUT2D eigenvalue weighted by Gasteiger charge is -1.83. The summed E-state index contributed by atoms with van der Waals surface area (Å²) in [5.74, 6) is -0.394. The zero-order valence-corrected chi connectivity index (χ0v) is 6.79. The van der Waals surface area contributed by atoms with Crippen LogP contribution in [-0.2, 0) is 14.3 Å². The Morgan fingerprint density at radius 1 is 1.55 bits per heavy atom. The Bertz CT molecular complexity index is 159. The highest BCUT2D eigenvalue weighted by atomic mass is 16.5. The highest BCUT2D eigenvalue weighted by Gasteiger charge is 1.81. The Labute approximate surface area is 66.4 Å². The fourth-order valence-corrected chi connectivity index (χ4v) is 0.0833. The Morgan fingerprint density at radius 2 is 1.91 bits per heavy atom. The van der Waals surface area contributed by atoms with Crippen molar-refractivity contribution in [1.82, 2.24) is 0 Å². The molecule has 0 amide bonds. The van der Waals surface area contributed by atoms with Crippen LogP contribution in [0.3, 0.4) is 0 Å². The minimum Gasteiger partial charge on any atom is -0.466 e. The second kappa shape index (κ2) is 8.62. The molecule has 0 spiro atoms. The lowest BCUT2D eigenvalue weighted by atomic mass is 10.4. The molecule has 0 unspecified atom stereocenters. The van der Waals surface area contributed by atoms with Crippen molar-refractivity contribution in [3.63, 3.8) is 0 Å². The van der Waals surface area contributed by atoms with E-state index in [9.17, 15) is 9.59 Å². The summed E-state index contributed by atoms with van der Waals surface area (Å²) in [4.78, 5) is 19.2. The standard InChI is InChI=1S/C4H6O2.C4H6O/c1-3-4(5)6-2;1-4(2)3-5/h3H,1H2,2H3;3H,1H2,2H3. The van der Waals surface area contributed by atoms with Gasteiger partial charge < -0.3 is 4.74 Å². The average molecular weight is 156 g/mol. The van der Waals surface area contributed by atoms with Gasteiger partial charge in [0.2, 0.25) is 0 Å². The van der Waals surface area contributed by atoms with Crippen LogP contribution < -0.4 is 0 Å². The molecule has 0 aromatic heterocycles. The fourth-order valence-electron chi connectivity index (χ4n) is 0.0833. The number of allylic oxidation sites excluding steroid dienone is 1. The second-order valence-corrected chi connectivity index (χ2v) is 1.69. The van der Waals surface area contributed by atoms with E-state index in [1.54, 1.807) is 6.92 Å². The van der Waals surface area contributed by atoms with Crippen molar-refractivity contribution >= 4 is 12.3 Å². The van der Waals surface area contributed by atoms with Crippen LogP contribution in [0.5, 0.6) is 0 Å². The average Bonchev–Trinajstić information content (AvgIpc) is 2.04. The van der Waals surface area contributed by atoms with Gasteiger partial charge in [-0.15, -0.1) is 0 Å². The van der Waals surface area contributed by atoms with Crippen molar-refractivity contribution in [2.24, 2.45) is 0 Å². The number of hydrogen-bond donors (Lipinski definition) is 0.